The van der Waals surface area contributed by atoms with Crippen LogP contribution >= 0.6 is 0 Å². The number of rotatable bonds is 3. The van der Waals surface area contributed by atoms with Crippen LogP contribution in [0.5, 0.6) is 0 Å². The minimum Gasteiger partial charge on any atom is -0.248 e. The lowest BCUT2D eigenvalue weighted by Gasteiger charge is -2.15. The first kappa shape index (κ1) is 16.7. The zero-order valence-corrected chi connectivity index (χ0v) is 15.6. The fraction of sp³-hybridized carbons (Fsp3) is 0.348. The third-order valence-corrected chi connectivity index (χ3v) is 4.67. The monoisotopic (exact) mass is 317 g/mol. The average molecular weight is 317 g/mol. The maximum atomic E-state index is 5.01. The number of aryl methyl sites for hydroxylation is 2. The largest absolute Gasteiger partial charge is 0.248 e. The molecule has 0 saturated carbocycles. The molecule has 1 aromatic heterocycles. The van der Waals surface area contributed by atoms with Gasteiger partial charge in [0.25, 0.3) is 0 Å². The van der Waals surface area contributed by atoms with Gasteiger partial charge in [0.2, 0.25) is 0 Å². The summed E-state index contributed by atoms with van der Waals surface area (Å²) >= 11 is 0. The van der Waals surface area contributed by atoms with E-state index >= 15 is 0 Å². The van der Waals surface area contributed by atoms with Crippen molar-refractivity contribution >= 4 is 10.9 Å². The van der Waals surface area contributed by atoms with Gasteiger partial charge in [-0.15, -0.1) is 0 Å². The third-order valence-electron chi connectivity index (χ3n) is 4.67. The smallest absolute Gasteiger partial charge is 0.0715 e. The summed E-state index contributed by atoms with van der Waals surface area (Å²) in [5.74, 6) is 1.01. The van der Waals surface area contributed by atoms with Gasteiger partial charge in [-0.2, -0.15) is 0 Å². The lowest BCUT2D eigenvalue weighted by molar-refractivity contribution is 0.841. The van der Waals surface area contributed by atoms with E-state index in [1.165, 1.54) is 33.2 Å². The molecule has 0 aliphatic heterocycles. The van der Waals surface area contributed by atoms with Gasteiger partial charge in [0, 0.05) is 10.9 Å². The average Bonchev–Trinajstić information content (AvgIpc) is 2.52. The van der Waals surface area contributed by atoms with Gasteiger partial charge >= 0.3 is 0 Å². The first-order valence-electron chi connectivity index (χ1n) is 8.88. The summed E-state index contributed by atoms with van der Waals surface area (Å²) in [6.45, 7) is 13.3. The van der Waals surface area contributed by atoms with Crippen molar-refractivity contribution in [2.24, 2.45) is 0 Å². The van der Waals surface area contributed by atoms with Gasteiger partial charge in [-0.25, -0.2) is 4.98 Å². The molecule has 3 aromatic rings. The fourth-order valence-electron chi connectivity index (χ4n) is 3.38. The molecule has 24 heavy (non-hydrogen) atoms. The van der Waals surface area contributed by atoms with Gasteiger partial charge in [0.15, 0.2) is 0 Å². The van der Waals surface area contributed by atoms with E-state index in [0.717, 1.165) is 11.2 Å². The highest BCUT2D eigenvalue weighted by Gasteiger charge is 2.12. The number of pyridine rings is 1. The second-order valence-corrected chi connectivity index (χ2v) is 7.56. The molecule has 124 valence electrons. The number of fused-ring (bicyclic) bond motifs is 1. The normalized spacial score (nSPS) is 11.7. The van der Waals surface area contributed by atoms with Gasteiger partial charge in [0.05, 0.1) is 11.2 Å². The molecule has 0 amide bonds. The predicted molar refractivity (Wildman–Crippen MR) is 105 cm³/mol. The Labute approximate surface area is 145 Å². The van der Waals surface area contributed by atoms with Crippen LogP contribution in [0.1, 0.15) is 61.8 Å². The van der Waals surface area contributed by atoms with Gasteiger partial charge < -0.3 is 0 Å². The van der Waals surface area contributed by atoms with Crippen molar-refractivity contribution in [1.82, 2.24) is 4.98 Å². The molecule has 1 heteroatoms. The number of hydrogen-bond acceptors (Lipinski definition) is 1. The van der Waals surface area contributed by atoms with Crippen LogP contribution in [0.3, 0.4) is 0 Å². The van der Waals surface area contributed by atoms with Crippen LogP contribution in [0.15, 0.2) is 42.5 Å². The van der Waals surface area contributed by atoms with E-state index in [4.69, 9.17) is 4.98 Å². The maximum Gasteiger partial charge on any atom is 0.0715 e. The first-order valence-corrected chi connectivity index (χ1v) is 8.88. The predicted octanol–water partition coefficient (Wildman–Crippen LogP) is 6.77. The molecular formula is C23H27N. The molecule has 0 spiro atoms. The molecule has 0 atom stereocenters. The second-order valence-electron chi connectivity index (χ2n) is 7.56. The Hall–Kier alpha value is -2.15. The summed E-state index contributed by atoms with van der Waals surface area (Å²) in [6.07, 6.45) is 0. The molecule has 0 N–H and O–H groups in total. The highest BCUT2D eigenvalue weighted by molar-refractivity contribution is 5.86. The Morgan fingerprint density at radius 3 is 2.00 bits per heavy atom. The Bertz CT molecular complexity index is 868. The van der Waals surface area contributed by atoms with E-state index in [9.17, 15) is 0 Å². The van der Waals surface area contributed by atoms with Gasteiger partial charge in [-0.1, -0.05) is 57.0 Å². The molecule has 0 radical (unpaired) electrons. The summed E-state index contributed by atoms with van der Waals surface area (Å²) in [4.78, 5) is 5.01. The molecule has 0 fully saturated rings. The van der Waals surface area contributed by atoms with Crippen LogP contribution in [-0.4, -0.2) is 4.98 Å². The Morgan fingerprint density at radius 2 is 1.42 bits per heavy atom. The Kier molecular flexibility index (Phi) is 4.45. The zero-order valence-electron chi connectivity index (χ0n) is 15.6. The van der Waals surface area contributed by atoms with E-state index in [1.807, 2.05) is 0 Å². The molecule has 0 aliphatic rings. The van der Waals surface area contributed by atoms with E-state index in [0.29, 0.717) is 11.8 Å². The van der Waals surface area contributed by atoms with Crippen molar-refractivity contribution in [2.75, 3.05) is 0 Å². The molecule has 1 heterocycles. The number of hydrogen-bond donors (Lipinski definition) is 0. The molecule has 1 nitrogen and oxygen atoms in total. The molecule has 0 unspecified atom stereocenters. The number of aromatic nitrogens is 1. The third kappa shape index (κ3) is 3.21. The zero-order chi connectivity index (χ0) is 17.4. The lowest BCUT2D eigenvalue weighted by atomic mass is 9.91. The molecule has 2 aromatic carbocycles. The van der Waals surface area contributed by atoms with Crippen molar-refractivity contribution < 1.29 is 0 Å². The van der Waals surface area contributed by atoms with Gasteiger partial charge in [-0.05, 0) is 61.1 Å². The first-order chi connectivity index (χ1) is 11.3. The van der Waals surface area contributed by atoms with Crippen molar-refractivity contribution in [1.29, 1.82) is 0 Å². The van der Waals surface area contributed by atoms with Crippen molar-refractivity contribution in [2.45, 2.75) is 53.4 Å². The van der Waals surface area contributed by atoms with Gasteiger partial charge in [0.1, 0.15) is 0 Å². The van der Waals surface area contributed by atoms with Crippen molar-refractivity contribution in [3.8, 4) is 11.3 Å². The van der Waals surface area contributed by atoms with Crippen LogP contribution in [0, 0.1) is 13.8 Å². The molecule has 0 saturated heterocycles. The summed E-state index contributed by atoms with van der Waals surface area (Å²) in [5, 5.41) is 1.28. The Balaban J connectivity index is 2.23. The SMILES string of the molecule is Cc1cc(C)cc(-c2ccc3c(C(C)C)cc(C(C)C)cc3n2)c1. The van der Waals surface area contributed by atoms with E-state index in [1.54, 1.807) is 0 Å². The Morgan fingerprint density at radius 1 is 0.750 bits per heavy atom. The molecule has 3 rings (SSSR count). The molecule has 0 aliphatic carbocycles. The summed E-state index contributed by atoms with van der Waals surface area (Å²) in [6, 6.07) is 15.7. The van der Waals surface area contributed by atoms with Crippen molar-refractivity contribution in [3.05, 3.63) is 64.7 Å². The maximum absolute atomic E-state index is 5.01. The molecular weight excluding hydrogens is 290 g/mol. The quantitative estimate of drug-likeness (QED) is 0.519. The summed E-state index contributed by atoms with van der Waals surface area (Å²) in [5.41, 5.74) is 8.71. The van der Waals surface area contributed by atoms with Crippen LogP contribution < -0.4 is 0 Å². The van der Waals surface area contributed by atoms with Crippen LogP contribution in [0.2, 0.25) is 0 Å². The van der Waals surface area contributed by atoms with Gasteiger partial charge in [-0.3, -0.25) is 0 Å². The highest BCUT2D eigenvalue weighted by Crippen LogP contribution is 2.31. The van der Waals surface area contributed by atoms with Crippen molar-refractivity contribution in [3.63, 3.8) is 0 Å². The van der Waals surface area contributed by atoms with Crippen LogP contribution in [0.25, 0.3) is 22.2 Å². The standard InChI is InChI=1S/C23H27N/c1-14(2)18-12-21(15(3)4)20-7-8-22(24-23(20)13-18)19-10-16(5)9-17(6)11-19/h7-15H,1-6H3. The van der Waals surface area contributed by atoms with Crippen LogP contribution in [-0.2, 0) is 0 Å². The highest BCUT2D eigenvalue weighted by atomic mass is 14.7. The van der Waals surface area contributed by atoms with E-state index in [2.05, 4.69) is 84.0 Å². The van der Waals surface area contributed by atoms with E-state index in [-0.39, 0.29) is 0 Å². The second kappa shape index (κ2) is 6.39. The van der Waals surface area contributed by atoms with Crippen LogP contribution in [0.4, 0.5) is 0 Å². The fourth-order valence-corrected chi connectivity index (χ4v) is 3.38. The number of benzene rings is 2. The minimum atomic E-state index is 0.500. The number of nitrogens with zero attached hydrogens (tertiary/aromatic N) is 1. The minimum absolute atomic E-state index is 0.500. The molecule has 0 bridgehead atoms. The summed E-state index contributed by atoms with van der Waals surface area (Å²) in [7, 11) is 0. The summed E-state index contributed by atoms with van der Waals surface area (Å²) < 4.78 is 0. The lowest BCUT2D eigenvalue weighted by Crippen LogP contribution is -1.97. The topological polar surface area (TPSA) is 12.9 Å². The van der Waals surface area contributed by atoms with E-state index < -0.39 is 0 Å².